The Morgan fingerprint density at radius 3 is 2.50 bits per heavy atom. The normalized spacial score (nSPS) is 20.1. The van der Waals surface area contributed by atoms with Gasteiger partial charge >= 0.3 is 5.97 Å². The lowest BCUT2D eigenvalue weighted by atomic mass is 9.87. The zero-order valence-electron chi connectivity index (χ0n) is 23.9. The predicted molar refractivity (Wildman–Crippen MR) is 160 cm³/mol. The van der Waals surface area contributed by atoms with Crippen molar-refractivity contribution >= 4 is 34.7 Å². The molecule has 9 nitrogen and oxygen atoms in total. The number of carbonyl (C=O) groups is 1. The topological polar surface area (TPSA) is 87.9 Å². The van der Waals surface area contributed by atoms with Crippen LogP contribution in [0.2, 0.25) is 5.02 Å². The minimum Gasteiger partial charge on any atom is -0.463 e. The Hall–Kier alpha value is -3.60. The van der Waals surface area contributed by atoms with E-state index in [0.717, 1.165) is 81.0 Å². The van der Waals surface area contributed by atoms with Crippen molar-refractivity contribution in [2.24, 2.45) is 0 Å². The van der Waals surface area contributed by atoms with E-state index >= 15 is 0 Å². The number of benzene rings is 2. The average Bonchev–Trinajstić information content (AvgIpc) is 3.33. The van der Waals surface area contributed by atoms with Crippen molar-refractivity contribution in [3.8, 4) is 11.3 Å². The molecule has 0 radical (unpaired) electrons. The summed E-state index contributed by atoms with van der Waals surface area (Å²) in [6, 6.07) is 12.8. The van der Waals surface area contributed by atoms with Gasteiger partial charge in [-0.25, -0.2) is 18.9 Å². The Morgan fingerprint density at radius 1 is 1.07 bits per heavy atom. The van der Waals surface area contributed by atoms with Crippen LogP contribution in [-0.2, 0) is 16.1 Å². The Labute approximate surface area is 249 Å². The lowest BCUT2D eigenvalue weighted by Crippen LogP contribution is -2.43. The molecule has 0 atom stereocenters. The summed E-state index contributed by atoms with van der Waals surface area (Å²) in [7, 11) is 2.17. The highest BCUT2D eigenvalue weighted by atomic mass is 35.5. The number of fused-ring (bicyclic) bond motifs is 1. The molecular formula is C31H35ClFN7O2. The maximum absolute atomic E-state index is 14.0. The summed E-state index contributed by atoms with van der Waals surface area (Å²) in [4.78, 5) is 26.0. The Kier molecular flexibility index (Phi) is 8.37. The van der Waals surface area contributed by atoms with E-state index in [1.54, 1.807) is 12.3 Å². The molecule has 0 bridgehead atoms. The highest BCUT2D eigenvalue weighted by Crippen LogP contribution is 2.36. The maximum atomic E-state index is 14.0. The van der Waals surface area contributed by atoms with E-state index in [4.69, 9.17) is 26.4 Å². The zero-order valence-corrected chi connectivity index (χ0v) is 24.6. The molecule has 1 saturated heterocycles. The second kappa shape index (κ2) is 12.3. The molecule has 11 heteroatoms. The number of piperazine rings is 1. The van der Waals surface area contributed by atoms with E-state index in [0.29, 0.717) is 11.6 Å². The first-order chi connectivity index (χ1) is 20.3. The Morgan fingerprint density at radius 2 is 1.81 bits per heavy atom. The van der Waals surface area contributed by atoms with Crippen molar-refractivity contribution < 1.29 is 13.9 Å². The number of hydrogen-bond acceptors (Lipinski definition) is 8. The first kappa shape index (κ1) is 28.5. The van der Waals surface area contributed by atoms with E-state index in [-0.39, 0.29) is 23.0 Å². The van der Waals surface area contributed by atoms with Crippen molar-refractivity contribution in [2.75, 3.05) is 38.5 Å². The summed E-state index contributed by atoms with van der Waals surface area (Å²) in [6.07, 6.45) is 4.88. The van der Waals surface area contributed by atoms with Crippen LogP contribution >= 0.6 is 11.6 Å². The third-order valence-corrected chi connectivity index (χ3v) is 8.36. The van der Waals surface area contributed by atoms with Gasteiger partial charge in [-0.15, -0.1) is 5.10 Å². The molecule has 220 valence electrons. The fourth-order valence-electron chi connectivity index (χ4n) is 5.90. The third-order valence-electron chi connectivity index (χ3n) is 8.14. The van der Waals surface area contributed by atoms with Crippen LogP contribution in [0.15, 0.2) is 48.7 Å². The first-order valence-corrected chi connectivity index (χ1v) is 14.8. The first-order valence-electron chi connectivity index (χ1n) is 14.5. The van der Waals surface area contributed by atoms with Crippen LogP contribution in [0.3, 0.4) is 0 Å². The van der Waals surface area contributed by atoms with Gasteiger partial charge in [-0.3, -0.25) is 9.69 Å². The van der Waals surface area contributed by atoms with Crippen LogP contribution in [0.4, 0.5) is 16.0 Å². The van der Waals surface area contributed by atoms with E-state index in [1.165, 1.54) is 24.6 Å². The molecule has 1 aliphatic carbocycles. The molecule has 6 rings (SSSR count). The van der Waals surface area contributed by atoms with Crippen molar-refractivity contribution in [1.29, 1.82) is 0 Å². The molecule has 1 N–H and O–H groups in total. The van der Waals surface area contributed by atoms with Crippen LogP contribution in [-0.4, -0.2) is 74.7 Å². The van der Waals surface area contributed by atoms with Gasteiger partial charge < -0.3 is 15.0 Å². The summed E-state index contributed by atoms with van der Waals surface area (Å²) in [5.74, 6) is 0.596. The van der Waals surface area contributed by atoms with E-state index < -0.39 is 5.82 Å². The lowest BCUT2D eigenvalue weighted by Gasteiger charge is -2.32. The number of aromatic nitrogens is 4. The second-order valence-electron chi connectivity index (χ2n) is 11.3. The number of esters is 1. The van der Waals surface area contributed by atoms with Crippen LogP contribution < -0.4 is 5.32 Å². The van der Waals surface area contributed by atoms with Crippen LogP contribution in [0.1, 0.15) is 49.9 Å². The molecule has 42 heavy (non-hydrogen) atoms. The highest BCUT2D eigenvalue weighted by Gasteiger charge is 2.29. The Balaban J connectivity index is 1.30. The molecule has 3 heterocycles. The molecular weight excluding hydrogens is 557 g/mol. The Bertz CT molecular complexity index is 1540. The molecule has 2 aliphatic rings. The summed E-state index contributed by atoms with van der Waals surface area (Å²) < 4.78 is 21.3. The highest BCUT2D eigenvalue weighted by molar-refractivity contribution is 6.30. The van der Waals surface area contributed by atoms with Gasteiger partial charge in [0.2, 0.25) is 5.95 Å². The molecule has 1 saturated carbocycles. The third kappa shape index (κ3) is 6.56. The number of halogens is 2. The minimum absolute atomic E-state index is 0.0677. The summed E-state index contributed by atoms with van der Waals surface area (Å²) in [6.45, 7) is 6.71. The molecule has 0 spiro atoms. The number of hydrogen-bond donors (Lipinski definition) is 1. The quantitative estimate of drug-likeness (QED) is 0.275. The average molecular weight is 592 g/mol. The maximum Gasteiger partial charge on any atom is 0.302 e. The lowest BCUT2D eigenvalue weighted by molar-refractivity contribution is -0.147. The van der Waals surface area contributed by atoms with Gasteiger partial charge in [0.05, 0.1) is 11.9 Å². The number of anilines is 2. The largest absolute Gasteiger partial charge is 0.463 e. The van der Waals surface area contributed by atoms with Crippen molar-refractivity contribution in [1.82, 2.24) is 29.4 Å². The van der Waals surface area contributed by atoms with Crippen molar-refractivity contribution in [3.63, 3.8) is 0 Å². The number of nitrogens with zero attached hydrogens (tertiary/aromatic N) is 6. The number of likely N-dealkylation sites (N-methyl/N-ethyl adjacent to an activating group) is 1. The molecule has 2 fully saturated rings. The van der Waals surface area contributed by atoms with Gasteiger partial charge in [0.1, 0.15) is 23.3 Å². The summed E-state index contributed by atoms with van der Waals surface area (Å²) >= 11 is 6.05. The SMILES string of the molecule is CC(=O)OC1CCC(c2nc(-c3ccc(CN4CCN(C)CC4)cc3)c3cnc(Nc4cc(F)cc(Cl)c4)nn23)CC1. The van der Waals surface area contributed by atoms with Crippen LogP contribution in [0.25, 0.3) is 16.8 Å². The van der Waals surface area contributed by atoms with Crippen LogP contribution in [0.5, 0.6) is 0 Å². The second-order valence-corrected chi connectivity index (χ2v) is 11.8. The van der Waals surface area contributed by atoms with E-state index in [9.17, 15) is 9.18 Å². The number of carbonyl (C=O) groups excluding carboxylic acids is 1. The smallest absolute Gasteiger partial charge is 0.302 e. The van der Waals surface area contributed by atoms with Gasteiger partial charge in [0, 0.05) is 61.8 Å². The zero-order chi connectivity index (χ0) is 29.2. The fourth-order valence-corrected chi connectivity index (χ4v) is 6.12. The monoisotopic (exact) mass is 591 g/mol. The minimum atomic E-state index is -0.447. The molecule has 0 unspecified atom stereocenters. The predicted octanol–water partition coefficient (Wildman–Crippen LogP) is 5.66. The number of imidazole rings is 1. The summed E-state index contributed by atoms with van der Waals surface area (Å²) in [5.41, 5.74) is 4.34. The fraction of sp³-hybridized carbons (Fsp3) is 0.419. The van der Waals surface area contributed by atoms with Crippen molar-refractivity contribution in [3.05, 3.63) is 70.9 Å². The standard InChI is InChI=1S/C31H35ClFN7O2/c1-20(41)42-27-9-7-23(8-10-27)30-36-29(22-5-3-21(4-6-22)19-39-13-11-38(2)12-14-39)28-18-34-31(37-40(28)30)35-26-16-24(32)15-25(33)17-26/h3-6,15-18,23,27H,7-14,19H2,1-2H3,(H,35,37). The number of rotatable bonds is 7. The van der Waals surface area contributed by atoms with Gasteiger partial charge in [-0.2, -0.15) is 0 Å². The van der Waals surface area contributed by atoms with Gasteiger partial charge in [0.15, 0.2) is 0 Å². The molecule has 4 aromatic rings. The van der Waals surface area contributed by atoms with E-state index in [1.807, 2.05) is 4.52 Å². The molecule has 0 amide bonds. The molecule has 2 aromatic heterocycles. The summed E-state index contributed by atoms with van der Waals surface area (Å²) in [5, 5.41) is 8.15. The van der Waals surface area contributed by atoms with Crippen LogP contribution in [0, 0.1) is 5.82 Å². The van der Waals surface area contributed by atoms with Crippen molar-refractivity contribution in [2.45, 2.75) is 51.2 Å². The molecule has 2 aromatic carbocycles. The van der Waals surface area contributed by atoms with Gasteiger partial charge in [-0.1, -0.05) is 35.9 Å². The number of ether oxygens (including phenoxy) is 1. The molecule has 1 aliphatic heterocycles. The number of nitrogens with one attached hydrogen (secondary N) is 1. The van der Waals surface area contributed by atoms with Gasteiger partial charge in [0.25, 0.3) is 0 Å². The van der Waals surface area contributed by atoms with Gasteiger partial charge in [-0.05, 0) is 56.5 Å². The van der Waals surface area contributed by atoms with E-state index in [2.05, 4.69) is 51.4 Å².